The van der Waals surface area contributed by atoms with Crippen molar-refractivity contribution < 1.29 is 22.4 Å². The van der Waals surface area contributed by atoms with Gasteiger partial charge in [0, 0.05) is 13.1 Å². The number of sulfonamides is 1. The van der Waals surface area contributed by atoms with Gasteiger partial charge in [0.1, 0.15) is 4.90 Å². The molecule has 2 aromatic heterocycles. The van der Waals surface area contributed by atoms with E-state index in [1.807, 2.05) is 17.5 Å². The highest BCUT2D eigenvalue weighted by atomic mass is 35.5. The first kappa shape index (κ1) is 21.0. The summed E-state index contributed by atoms with van der Waals surface area (Å²) in [5.74, 6) is -0.225. The summed E-state index contributed by atoms with van der Waals surface area (Å²) in [5.41, 5.74) is 0.0768. The molecule has 1 aliphatic heterocycles. The number of hydrogen-bond donors (Lipinski definition) is 0. The number of nitrogens with zero attached hydrogens (tertiary/aromatic N) is 3. The lowest BCUT2D eigenvalue weighted by Crippen LogP contribution is -2.35. The smallest absolute Gasteiger partial charge is 0.338 e. The summed E-state index contributed by atoms with van der Waals surface area (Å²) in [6, 6.07) is 7.76. The van der Waals surface area contributed by atoms with E-state index in [0.717, 1.165) is 24.1 Å². The third kappa shape index (κ3) is 4.41. The number of ether oxygens (including phenoxy) is 1. The zero-order valence-corrected chi connectivity index (χ0v) is 18.2. The molecule has 11 heteroatoms. The molecule has 3 heterocycles. The molecule has 0 bridgehead atoms. The second kappa shape index (κ2) is 8.84. The molecular formula is C19H18ClN3O5S2. The molecule has 1 saturated heterocycles. The Morgan fingerprint density at radius 1 is 1.20 bits per heavy atom. The summed E-state index contributed by atoms with van der Waals surface area (Å²) in [6.07, 6.45) is 2.60. The number of esters is 1. The molecule has 0 aliphatic carbocycles. The molecule has 0 saturated carbocycles. The minimum atomic E-state index is -3.78. The molecule has 0 N–H and O–H groups in total. The van der Waals surface area contributed by atoms with E-state index in [0.29, 0.717) is 19.0 Å². The molecule has 1 fully saturated rings. The van der Waals surface area contributed by atoms with Crippen LogP contribution in [0.3, 0.4) is 0 Å². The minimum absolute atomic E-state index is 0.0645. The molecule has 8 nitrogen and oxygen atoms in total. The van der Waals surface area contributed by atoms with Crippen molar-refractivity contribution in [2.45, 2.75) is 30.8 Å². The molecule has 4 rings (SSSR count). The highest BCUT2D eigenvalue weighted by molar-refractivity contribution is 7.89. The Labute approximate surface area is 182 Å². The van der Waals surface area contributed by atoms with Crippen molar-refractivity contribution in [2.75, 3.05) is 13.1 Å². The van der Waals surface area contributed by atoms with E-state index in [1.54, 1.807) is 0 Å². The molecule has 1 aromatic carbocycles. The highest BCUT2D eigenvalue weighted by Crippen LogP contribution is 2.28. The monoisotopic (exact) mass is 467 g/mol. The minimum Gasteiger partial charge on any atom is -0.452 e. The second-order valence-electron chi connectivity index (χ2n) is 6.66. The molecule has 1 aliphatic rings. The van der Waals surface area contributed by atoms with Gasteiger partial charge in [-0.25, -0.2) is 13.2 Å². The molecule has 30 heavy (non-hydrogen) atoms. The average molecular weight is 468 g/mol. The van der Waals surface area contributed by atoms with Crippen molar-refractivity contribution in [1.29, 1.82) is 0 Å². The number of aromatic nitrogens is 2. The number of thiophene rings is 1. The van der Waals surface area contributed by atoms with Crippen LogP contribution in [-0.2, 0) is 21.4 Å². The number of piperidine rings is 1. The highest BCUT2D eigenvalue weighted by Gasteiger charge is 2.29. The average Bonchev–Trinajstić information content (AvgIpc) is 3.45. The van der Waals surface area contributed by atoms with Crippen LogP contribution < -0.4 is 0 Å². The Hall–Kier alpha value is -2.27. The lowest BCUT2D eigenvalue weighted by Gasteiger charge is -2.26. The topological polar surface area (TPSA) is 103 Å². The largest absolute Gasteiger partial charge is 0.452 e. The third-order valence-electron chi connectivity index (χ3n) is 4.63. The maximum absolute atomic E-state index is 12.9. The number of rotatable bonds is 6. The van der Waals surface area contributed by atoms with Crippen LogP contribution in [-0.4, -0.2) is 42.0 Å². The van der Waals surface area contributed by atoms with E-state index in [1.165, 1.54) is 33.8 Å². The predicted octanol–water partition coefficient (Wildman–Crippen LogP) is 3.98. The Bertz CT molecular complexity index is 1140. The molecule has 0 amide bonds. The fraction of sp³-hybridized carbons (Fsp3) is 0.316. The van der Waals surface area contributed by atoms with Crippen molar-refractivity contribution in [2.24, 2.45) is 0 Å². The van der Waals surface area contributed by atoms with Crippen LogP contribution in [0.4, 0.5) is 0 Å². The molecule has 0 atom stereocenters. The number of benzene rings is 1. The second-order valence-corrected chi connectivity index (χ2v) is 9.93. The fourth-order valence-electron chi connectivity index (χ4n) is 3.09. The molecule has 158 valence electrons. The number of halogens is 1. The molecule has 0 radical (unpaired) electrons. The quantitative estimate of drug-likeness (QED) is 0.505. The molecule has 3 aromatic rings. The van der Waals surface area contributed by atoms with Gasteiger partial charge in [-0.1, -0.05) is 24.1 Å². The normalized spacial score (nSPS) is 15.2. The van der Waals surface area contributed by atoms with Crippen LogP contribution in [0.25, 0.3) is 10.8 Å². The van der Waals surface area contributed by atoms with Gasteiger partial charge in [0.2, 0.25) is 10.0 Å². The first-order valence-electron chi connectivity index (χ1n) is 9.28. The Balaban J connectivity index is 1.47. The molecular weight excluding hydrogens is 450 g/mol. The van der Waals surface area contributed by atoms with Gasteiger partial charge in [-0.05, 0) is 42.5 Å². The van der Waals surface area contributed by atoms with Crippen molar-refractivity contribution in [1.82, 2.24) is 14.5 Å². The van der Waals surface area contributed by atoms with E-state index in [4.69, 9.17) is 20.8 Å². The Morgan fingerprint density at radius 3 is 2.73 bits per heavy atom. The zero-order chi connectivity index (χ0) is 21.1. The standard InChI is InChI=1S/C19H18ClN3O5S2/c20-14-7-6-13(11-16(14)30(25,26)23-8-2-1-3-9-23)19(24)27-12-17-21-22-18(28-17)15-5-4-10-29-15/h4-7,10-11H,1-3,8-9,12H2. The van der Waals surface area contributed by atoms with Crippen molar-refractivity contribution in [3.8, 4) is 10.8 Å². The van der Waals surface area contributed by atoms with Gasteiger partial charge in [-0.2, -0.15) is 4.31 Å². The zero-order valence-electron chi connectivity index (χ0n) is 15.8. The van der Waals surface area contributed by atoms with Crippen LogP contribution >= 0.6 is 22.9 Å². The molecule has 0 spiro atoms. The number of carbonyl (C=O) groups is 1. The first-order chi connectivity index (χ1) is 14.4. The lowest BCUT2D eigenvalue weighted by molar-refractivity contribution is 0.0438. The van der Waals surface area contributed by atoms with Gasteiger partial charge >= 0.3 is 5.97 Å². The summed E-state index contributed by atoms with van der Waals surface area (Å²) >= 11 is 7.59. The van der Waals surface area contributed by atoms with Crippen LogP contribution in [0, 0.1) is 0 Å². The summed E-state index contributed by atoms with van der Waals surface area (Å²) in [5, 5.41) is 9.73. The van der Waals surface area contributed by atoms with Gasteiger partial charge in [-0.15, -0.1) is 21.5 Å². The fourth-order valence-corrected chi connectivity index (χ4v) is 5.76. The molecule has 0 unspecified atom stereocenters. The third-order valence-corrected chi connectivity index (χ3v) is 7.86. The predicted molar refractivity (Wildman–Crippen MR) is 111 cm³/mol. The van der Waals surface area contributed by atoms with Crippen LogP contribution in [0.2, 0.25) is 5.02 Å². The maximum Gasteiger partial charge on any atom is 0.338 e. The SMILES string of the molecule is O=C(OCc1nnc(-c2cccs2)o1)c1ccc(Cl)c(S(=O)(=O)N2CCCCC2)c1. The van der Waals surface area contributed by atoms with Crippen molar-refractivity contribution in [3.05, 3.63) is 52.2 Å². The number of hydrogen-bond acceptors (Lipinski definition) is 8. The summed E-state index contributed by atoms with van der Waals surface area (Å²) in [4.78, 5) is 13.2. The lowest BCUT2D eigenvalue weighted by atomic mass is 10.2. The van der Waals surface area contributed by atoms with Crippen LogP contribution in [0.1, 0.15) is 35.5 Å². The van der Waals surface area contributed by atoms with Gasteiger partial charge in [0.05, 0.1) is 15.5 Å². The van der Waals surface area contributed by atoms with Gasteiger partial charge in [-0.3, -0.25) is 0 Å². The number of carbonyl (C=O) groups excluding carboxylic acids is 1. The summed E-state index contributed by atoms with van der Waals surface area (Å²) < 4.78 is 38.0. The van der Waals surface area contributed by atoms with E-state index < -0.39 is 16.0 Å². The van der Waals surface area contributed by atoms with Crippen LogP contribution in [0.15, 0.2) is 45.0 Å². The Morgan fingerprint density at radius 2 is 2.00 bits per heavy atom. The van der Waals surface area contributed by atoms with Crippen molar-refractivity contribution >= 4 is 38.9 Å². The van der Waals surface area contributed by atoms with Gasteiger partial charge in [0.25, 0.3) is 11.8 Å². The maximum atomic E-state index is 12.9. The summed E-state index contributed by atoms with van der Waals surface area (Å²) in [7, 11) is -3.78. The summed E-state index contributed by atoms with van der Waals surface area (Å²) in [6.45, 7) is 0.655. The van der Waals surface area contributed by atoms with Crippen molar-refractivity contribution in [3.63, 3.8) is 0 Å². The first-order valence-corrected chi connectivity index (χ1v) is 12.0. The van der Waals surface area contributed by atoms with E-state index in [9.17, 15) is 13.2 Å². The van der Waals surface area contributed by atoms with Gasteiger partial charge < -0.3 is 9.15 Å². The van der Waals surface area contributed by atoms with Gasteiger partial charge in [0.15, 0.2) is 6.61 Å². The van der Waals surface area contributed by atoms with E-state index in [-0.39, 0.29) is 28.0 Å². The van der Waals surface area contributed by atoms with E-state index in [2.05, 4.69) is 10.2 Å². The van der Waals surface area contributed by atoms with E-state index >= 15 is 0 Å². The van der Waals surface area contributed by atoms with Crippen LogP contribution in [0.5, 0.6) is 0 Å². The Kier molecular flexibility index (Phi) is 6.19.